The molecule has 0 aromatic rings. The van der Waals surface area contributed by atoms with Gasteiger partial charge < -0.3 is 10.6 Å². The van der Waals surface area contributed by atoms with Gasteiger partial charge in [-0.15, -0.1) is 0 Å². The van der Waals surface area contributed by atoms with Crippen molar-refractivity contribution in [2.24, 2.45) is 11.7 Å². The van der Waals surface area contributed by atoms with Gasteiger partial charge in [-0.05, 0) is 25.7 Å². The van der Waals surface area contributed by atoms with E-state index in [0.717, 1.165) is 19.4 Å². The summed E-state index contributed by atoms with van der Waals surface area (Å²) in [6.45, 7) is 5.48. The van der Waals surface area contributed by atoms with Crippen molar-refractivity contribution in [2.45, 2.75) is 52.0 Å². The maximum absolute atomic E-state index is 12.1. The van der Waals surface area contributed by atoms with E-state index in [2.05, 4.69) is 6.92 Å². The Hall–Kier alpha value is -0.570. The van der Waals surface area contributed by atoms with Crippen molar-refractivity contribution >= 4 is 5.91 Å². The molecule has 0 heterocycles. The second-order valence-corrected chi connectivity index (χ2v) is 4.59. The Bertz CT molecular complexity index is 202. The zero-order valence-electron chi connectivity index (χ0n) is 10.0. The maximum atomic E-state index is 12.1. The van der Waals surface area contributed by atoms with Crippen LogP contribution in [0, 0.1) is 5.92 Å². The van der Waals surface area contributed by atoms with Gasteiger partial charge in [0.1, 0.15) is 0 Å². The number of hydrogen-bond acceptors (Lipinski definition) is 2. The Kier molecular flexibility index (Phi) is 5.09. The van der Waals surface area contributed by atoms with E-state index in [1.807, 2.05) is 11.8 Å². The van der Waals surface area contributed by atoms with Crippen LogP contribution in [0.4, 0.5) is 0 Å². The molecule has 3 heteroatoms. The van der Waals surface area contributed by atoms with Gasteiger partial charge in [0.25, 0.3) is 0 Å². The minimum absolute atomic E-state index is 0.169. The molecular weight excluding hydrogens is 188 g/mol. The molecule has 1 aliphatic carbocycles. The molecule has 88 valence electrons. The number of carbonyl (C=O) groups is 1. The number of nitrogens with zero attached hydrogens (tertiary/aromatic N) is 1. The van der Waals surface area contributed by atoms with Crippen molar-refractivity contribution in [1.29, 1.82) is 0 Å². The lowest BCUT2D eigenvalue weighted by molar-refractivity contribution is -0.139. The van der Waals surface area contributed by atoms with E-state index in [1.165, 1.54) is 19.3 Å². The van der Waals surface area contributed by atoms with E-state index in [4.69, 9.17) is 5.73 Å². The van der Waals surface area contributed by atoms with Gasteiger partial charge in [-0.25, -0.2) is 0 Å². The molecule has 2 N–H and O–H groups in total. The lowest BCUT2D eigenvalue weighted by Gasteiger charge is -2.38. The van der Waals surface area contributed by atoms with Crippen molar-refractivity contribution < 1.29 is 4.79 Å². The number of nitrogens with two attached hydrogens (primary N) is 1. The van der Waals surface area contributed by atoms with E-state index >= 15 is 0 Å². The highest BCUT2D eigenvalue weighted by Crippen LogP contribution is 2.26. The van der Waals surface area contributed by atoms with Crippen LogP contribution >= 0.6 is 0 Å². The predicted octanol–water partition coefficient (Wildman–Crippen LogP) is 1.76. The molecular formula is C12H24N2O. The van der Waals surface area contributed by atoms with Gasteiger partial charge in [-0.3, -0.25) is 4.79 Å². The topological polar surface area (TPSA) is 46.3 Å². The minimum atomic E-state index is 0.169. The molecule has 1 aliphatic rings. The van der Waals surface area contributed by atoms with Gasteiger partial charge in [0.15, 0.2) is 0 Å². The standard InChI is InChI=1S/C12H24N2O/c1-3-5-10(2)12(15)14(9-8-13)11-6-4-7-11/h10-11H,3-9,13H2,1-2H3. The summed E-state index contributed by atoms with van der Waals surface area (Å²) in [5, 5.41) is 0. The highest BCUT2D eigenvalue weighted by Gasteiger charge is 2.30. The molecule has 1 amide bonds. The highest BCUT2D eigenvalue weighted by atomic mass is 16.2. The van der Waals surface area contributed by atoms with Crippen molar-refractivity contribution in [2.75, 3.05) is 13.1 Å². The van der Waals surface area contributed by atoms with Crippen LogP contribution in [0.5, 0.6) is 0 Å². The van der Waals surface area contributed by atoms with Gasteiger partial charge in [0.05, 0.1) is 0 Å². The van der Waals surface area contributed by atoms with Gasteiger partial charge >= 0.3 is 0 Å². The summed E-state index contributed by atoms with van der Waals surface area (Å²) in [5.74, 6) is 0.481. The molecule has 0 bridgehead atoms. The molecule has 0 aliphatic heterocycles. The van der Waals surface area contributed by atoms with Crippen LogP contribution in [-0.4, -0.2) is 29.9 Å². The highest BCUT2D eigenvalue weighted by molar-refractivity contribution is 5.78. The fourth-order valence-corrected chi connectivity index (χ4v) is 2.15. The summed E-state index contributed by atoms with van der Waals surface area (Å²) < 4.78 is 0. The molecule has 3 nitrogen and oxygen atoms in total. The van der Waals surface area contributed by atoms with Gasteiger partial charge in [-0.2, -0.15) is 0 Å². The quantitative estimate of drug-likeness (QED) is 0.729. The lowest BCUT2D eigenvalue weighted by Crippen LogP contribution is -2.48. The predicted molar refractivity (Wildman–Crippen MR) is 62.5 cm³/mol. The molecule has 0 radical (unpaired) electrons. The first kappa shape index (κ1) is 12.5. The van der Waals surface area contributed by atoms with Crippen molar-refractivity contribution in [3.8, 4) is 0 Å². The normalized spacial score (nSPS) is 18.3. The Morgan fingerprint density at radius 2 is 2.20 bits per heavy atom. The van der Waals surface area contributed by atoms with Crippen molar-refractivity contribution in [1.82, 2.24) is 4.90 Å². The second-order valence-electron chi connectivity index (χ2n) is 4.59. The van der Waals surface area contributed by atoms with Crippen LogP contribution in [0.25, 0.3) is 0 Å². The molecule has 1 atom stereocenters. The lowest BCUT2D eigenvalue weighted by atomic mass is 9.90. The molecule has 1 unspecified atom stereocenters. The number of carbonyl (C=O) groups excluding carboxylic acids is 1. The number of hydrogen-bond donors (Lipinski definition) is 1. The summed E-state index contributed by atoms with van der Waals surface area (Å²) in [6, 6.07) is 0.486. The Morgan fingerprint density at radius 3 is 2.60 bits per heavy atom. The molecule has 1 rings (SSSR count). The first-order chi connectivity index (χ1) is 7.20. The molecule has 0 aromatic carbocycles. The van der Waals surface area contributed by atoms with E-state index in [1.54, 1.807) is 0 Å². The van der Waals surface area contributed by atoms with E-state index in [9.17, 15) is 4.79 Å². The number of rotatable bonds is 6. The van der Waals surface area contributed by atoms with Crippen molar-refractivity contribution in [3.63, 3.8) is 0 Å². The molecule has 0 spiro atoms. The third kappa shape index (κ3) is 3.20. The van der Waals surface area contributed by atoms with Crippen molar-refractivity contribution in [3.05, 3.63) is 0 Å². The summed E-state index contributed by atoms with van der Waals surface area (Å²) >= 11 is 0. The average molecular weight is 212 g/mol. The van der Waals surface area contributed by atoms with Crippen LogP contribution in [0.15, 0.2) is 0 Å². The average Bonchev–Trinajstić information content (AvgIpc) is 2.13. The molecule has 1 fully saturated rings. The van der Waals surface area contributed by atoms with Crippen LogP contribution in [-0.2, 0) is 4.79 Å². The molecule has 1 saturated carbocycles. The van der Waals surface area contributed by atoms with Gasteiger partial charge in [-0.1, -0.05) is 20.3 Å². The Labute approximate surface area is 93.0 Å². The summed E-state index contributed by atoms with van der Waals surface area (Å²) in [6.07, 6.45) is 5.68. The Balaban J connectivity index is 2.49. The van der Waals surface area contributed by atoms with Crippen LogP contribution in [0.2, 0.25) is 0 Å². The molecule has 15 heavy (non-hydrogen) atoms. The SMILES string of the molecule is CCCC(C)C(=O)N(CCN)C1CCC1. The maximum Gasteiger partial charge on any atom is 0.225 e. The van der Waals surface area contributed by atoms with E-state index in [0.29, 0.717) is 18.5 Å². The second kappa shape index (κ2) is 6.11. The first-order valence-corrected chi connectivity index (χ1v) is 6.21. The Morgan fingerprint density at radius 1 is 1.53 bits per heavy atom. The molecule has 0 aromatic heterocycles. The summed E-state index contributed by atoms with van der Waals surface area (Å²) in [5.41, 5.74) is 5.56. The third-order valence-electron chi connectivity index (χ3n) is 3.31. The van der Waals surface area contributed by atoms with Crippen LogP contribution < -0.4 is 5.73 Å². The number of amides is 1. The van der Waals surface area contributed by atoms with Crippen LogP contribution in [0.1, 0.15) is 46.0 Å². The fraction of sp³-hybridized carbons (Fsp3) is 0.917. The van der Waals surface area contributed by atoms with Crippen LogP contribution in [0.3, 0.4) is 0 Å². The zero-order valence-corrected chi connectivity index (χ0v) is 10.0. The largest absolute Gasteiger partial charge is 0.338 e. The minimum Gasteiger partial charge on any atom is -0.338 e. The first-order valence-electron chi connectivity index (χ1n) is 6.21. The summed E-state index contributed by atoms with van der Waals surface area (Å²) in [4.78, 5) is 14.1. The monoisotopic (exact) mass is 212 g/mol. The fourth-order valence-electron chi connectivity index (χ4n) is 2.15. The van der Waals surface area contributed by atoms with E-state index in [-0.39, 0.29) is 5.92 Å². The summed E-state index contributed by atoms with van der Waals surface area (Å²) in [7, 11) is 0. The van der Waals surface area contributed by atoms with E-state index < -0.39 is 0 Å². The third-order valence-corrected chi connectivity index (χ3v) is 3.31. The molecule has 0 saturated heterocycles. The zero-order chi connectivity index (χ0) is 11.3. The smallest absolute Gasteiger partial charge is 0.225 e. The van der Waals surface area contributed by atoms with Gasteiger partial charge in [0, 0.05) is 25.0 Å². The van der Waals surface area contributed by atoms with Gasteiger partial charge in [0.2, 0.25) is 5.91 Å².